The molecule has 0 bridgehead atoms. The second kappa shape index (κ2) is 6.81. The molecule has 106 valence electrons. The molecule has 0 saturated carbocycles. The van der Waals surface area contributed by atoms with E-state index < -0.39 is 0 Å². The Balaban J connectivity index is 2.29. The lowest BCUT2D eigenvalue weighted by molar-refractivity contribution is 0.165. The molecule has 1 heterocycles. The third kappa shape index (κ3) is 3.55. The number of pyridine rings is 1. The Hall–Kier alpha value is -1.46. The number of aromatic nitrogens is 1. The van der Waals surface area contributed by atoms with Crippen LogP contribution in [0.5, 0.6) is 5.75 Å². The molecule has 20 heavy (non-hydrogen) atoms. The molecule has 2 rings (SSSR count). The maximum absolute atomic E-state index is 13.1. The van der Waals surface area contributed by atoms with Crippen LogP contribution in [0, 0.1) is 5.82 Å². The number of hydrogen-bond acceptors (Lipinski definition) is 3. The predicted octanol–water partition coefficient (Wildman–Crippen LogP) is 3.84. The van der Waals surface area contributed by atoms with Crippen LogP contribution in [0.15, 0.2) is 47.1 Å². The van der Waals surface area contributed by atoms with Gasteiger partial charge in [-0.3, -0.25) is 4.98 Å². The molecule has 0 amide bonds. The van der Waals surface area contributed by atoms with E-state index >= 15 is 0 Å². The molecule has 2 aromatic rings. The summed E-state index contributed by atoms with van der Waals surface area (Å²) in [5, 5.41) is 0. The average Bonchev–Trinajstić information content (AvgIpc) is 2.46. The smallest absolute Gasteiger partial charge is 0.155 e. The Kier molecular flexibility index (Phi) is 5.09. The molecule has 0 aliphatic heterocycles. The van der Waals surface area contributed by atoms with Crippen molar-refractivity contribution in [3.63, 3.8) is 0 Å². The first-order valence-electron chi connectivity index (χ1n) is 6.40. The first-order chi connectivity index (χ1) is 9.61. The topological polar surface area (TPSA) is 48.1 Å². The van der Waals surface area contributed by atoms with Crippen molar-refractivity contribution < 1.29 is 9.13 Å². The summed E-state index contributed by atoms with van der Waals surface area (Å²) in [6.07, 6.45) is 2.08. The van der Waals surface area contributed by atoms with Gasteiger partial charge in [0, 0.05) is 12.2 Å². The molecule has 1 aromatic heterocycles. The van der Waals surface area contributed by atoms with Gasteiger partial charge in [-0.15, -0.1) is 0 Å². The number of rotatable bonds is 5. The standard InChI is InChI=1S/C15H16BrFN2O/c1-2-12(18)15(13-5-3-4-8-19-13)20-14-7-6-10(17)9-11(14)16/h3-9,12,15H,2,18H2,1H3. The Labute approximate surface area is 126 Å². The minimum Gasteiger partial charge on any atom is -0.481 e. The van der Waals surface area contributed by atoms with Gasteiger partial charge >= 0.3 is 0 Å². The highest BCUT2D eigenvalue weighted by atomic mass is 79.9. The van der Waals surface area contributed by atoms with Crippen molar-refractivity contribution in [3.8, 4) is 5.75 Å². The normalized spacial score (nSPS) is 13.8. The van der Waals surface area contributed by atoms with Crippen LogP contribution in [0.1, 0.15) is 25.1 Å². The summed E-state index contributed by atoms with van der Waals surface area (Å²) in [7, 11) is 0. The van der Waals surface area contributed by atoms with E-state index in [0.717, 1.165) is 12.1 Å². The average molecular weight is 339 g/mol. The first kappa shape index (κ1) is 14.9. The number of benzene rings is 1. The van der Waals surface area contributed by atoms with Crippen LogP contribution in [0.3, 0.4) is 0 Å². The maximum atomic E-state index is 13.1. The molecule has 0 radical (unpaired) electrons. The molecule has 1 aromatic carbocycles. The van der Waals surface area contributed by atoms with E-state index in [1.165, 1.54) is 12.1 Å². The van der Waals surface area contributed by atoms with Crippen LogP contribution in [-0.2, 0) is 0 Å². The first-order valence-corrected chi connectivity index (χ1v) is 7.19. The maximum Gasteiger partial charge on any atom is 0.155 e. The largest absolute Gasteiger partial charge is 0.481 e. The molecule has 3 nitrogen and oxygen atoms in total. The molecular weight excluding hydrogens is 323 g/mol. The Morgan fingerprint density at radius 1 is 1.35 bits per heavy atom. The quantitative estimate of drug-likeness (QED) is 0.900. The van der Waals surface area contributed by atoms with Gasteiger partial charge in [-0.2, -0.15) is 0 Å². The van der Waals surface area contributed by atoms with Crippen molar-refractivity contribution in [2.45, 2.75) is 25.5 Å². The van der Waals surface area contributed by atoms with Gasteiger partial charge in [-0.05, 0) is 52.7 Å². The van der Waals surface area contributed by atoms with E-state index in [2.05, 4.69) is 20.9 Å². The molecule has 0 aliphatic carbocycles. The molecule has 0 aliphatic rings. The summed E-state index contributed by atoms with van der Waals surface area (Å²) < 4.78 is 19.6. The minimum absolute atomic E-state index is 0.193. The van der Waals surface area contributed by atoms with Crippen LogP contribution in [-0.4, -0.2) is 11.0 Å². The van der Waals surface area contributed by atoms with Gasteiger partial charge in [0.2, 0.25) is 0 Å². The lowest BCUT2D eigenvalue weighted by atomic mass is 10.1. The van der Waals surface area contributed by atoms with Crippen LogP contribution < -0.4 is 10.5 Å². The van der Waals surface area contributed by atoms with E-state index in [-0.39, 0.29) is 18.0 Å². The van der Waals surface area contributed by atoms with E-state index in [1.807, 2.05) is 25.1 Å². The van der Waals surface area contributed by atoms with E-state index in [9.17, 15) is 4.39 Å². The monoisotopic (exact) mass is 338 g/mol. The van der Waals surface area contributed by atoms with Gasteiger partial charge in [-0.1, -0.05) is 13.0 Å². The summed E-state index contributed by atoms with van der Waals surface area (Å²) in [6, 6.07) is 9.71. The van der Waals surface area contributed by atoms with E-state index in [0.29, 0.717) is 10.2 Å². The third-order valence-corrected chi connectivity index (χ3v) is 3.61. The van der Waals surface area contributed by atoms with Gasteiger partial charge < -0.3 is 10.5 Å². The number of nitrogens with zero attached hydrogens (tertiary/aromatic N) is 1. The third-order valence-electron chi connectivity index (χ3n) is 2.99. The van der Waals surface area contributed by atoms with Gasteiger partial charge in [-0.25, -0.2) is 4.39 Å². The van der Waals surface area contributed by atoms with E-state index in [1.54, 1.807) is 12.3 Å². The summed E-state index contributed by atoms with van der Waals surface area (Å²) in [5.74, 6) is 0.226. The van der Waals surface area contributed by atoms with Crippen molar-refractivity contribution in [3.05, 3.63) is 58.6 Å². The highest BCUT2D eigenvalue weighted by Gasteiger charge is 2.22. The van der Waals surface area contributed by atoms with Crippen LogP contribution in [0.25, 0.3) is 0 Å². The highest BCUT2D eigenvalue weighted by Crippen LogP contribution is 2.31. The van der Waals surface area contributed by atoms with Crippen molar-refractivity contribution in [1.82, 2.24) is 4.98 Å². The molecule has 5 heteroatoms. The second-order valence-electron chi connectivity index (χ2n) is 4.44. The number of ether oxygens (including phenoxy) is 1. The van der Waals surface area contributed by atoms with Crippen LogP contribution in [0.4, 0.5) is 4.39 Å². The molecular formula is C15H16BrFN2O. The summed E-state index contributed by atoms with van der Waals surface area (Å²) in [5.41, 5.74) is 6.88. The lowest BCUT2D eigenvalue weighted by Gasteiger charge is -2.24. The van der Waals surface area contributed by atoms with Crippen LogP contribution >= 0.6 is 15.9 Å². The minimum atomic E-state index is -0.372. The fourth-order valence-corrected chi connectivity index (χ4v) is 2.28. The van der Waals surface area contributed by atoms with Gasteiger partial charge in [0.05, 0.1) is 10.2 Å². The SMILES string of the molecule is CCC(N)C(Oc1ccc(F)cc1Br)c1ccccn1. The number of hydrogen-bond donors (Lipinski definition) is 1. The Morgan fingerprint density at radius 2 is 2.15 bits per heavy atom. The van der Waals surface area contributed by atoms with Gasteiger partial charge in [0.1, 0.15) is 11.6 Å². The lowest BCUT2D eigenvalue weighted by Crippen LogP contribution is -2.32. The fraction of sp³-hybridized carbons (Fsp3) is 0.267. The van der Waals surface area contributed by atoms with Crippen LogP contribution in [0.2, 0.25) is 0 Å². The molecule has 2 N–H and O–H groups in total. The zero-order valence-electron chi connectivity index (χ0n) is 11.1. The summed E-state index contributed by atoms with van der Waals surface area (Å²) in [6.45, 7) is 1.99. The molecule has 0 spiro atoms. The predicted molar refractivity (Wildman–Crippen MR) is 80.0 cm³/mol. The van der Waals surface area contributed by atoms with Crippen molar-refractivity contribution in [1.29, 1.82) is 0 Å². The van der Waals surface area contributed by atoms with Gasteiger partial charge in [0.15, 0.2) is 6.10 Å². The Bertz CT molecular complexity index is 565. The summed E-state index contributed by atoms with van der Waals surface area (Å²) >= 11 is 3.29. The molecule has 0 fully saturated rings. The van der Waals surface area contributed by atoms with Crippen molar-refractivity contribution in [2.24, 2.45) is 5.73 Å². The zero-order valence-corrected chi connectivity index (χ0v) is 12.7. The molecule has 0 saturated heterocycles. The molecule has 2 unspecified atom stereocenters. The molecule has 2 atom stereocenters. The van der Waals surface area contributed by atoms with E-state index in [4.69, 9.17) is 10.5 Å². The van der Waals surface area contributed by atoms with Gasteiger partial charge in [0.25, 0.3) is 0 Å². The summed E-state index contributed by atoms with van der Waals surface area (Å²) in [4.78, 5) is 4.30. The fourth-order valence-electron chi connectivity index (χ4n) is 1.83. The van der Waals surface area contributed by atoms with Crippen molar-refractivity contribution >= 4 is 15.9 Å². The Morgan fingerprint density at radius 3 is 2.75 bits per heavy atom. The zero-order chi connectivity index (χ0) is 14.5. The number of halogens is 2. The second-order valence-corrected chi connectivity index (χ2v) is 5.29. The van der Waals surface area contributed by atoms with Crippen molar-refractivity contribution in [2.75, 3.05) is 0 Å². The number of nitrogens with two attached hydrogens (primary N) is 1. The highest BCUT2D eigenvalue weighted by molar-refractivity contribution is 9.10.